The van der Waals surface area contributed by atoms with Gasteiger partial charge in [-0.15, -0.1) is 0 Å². The molecule has 11 heteroatoms. The van der Waals surface area contributed by atoms with Gasteiger partial charge in [-0.1, -0.05) is 11.6 Å². The average Bonchev–Trinajstić information content (AvgIpc) is 2.81. The minimum absolute atomic E-state index is 0.644. The second kappa shape index (κ2) is 11.8. The standard InChI is InChI=1S/C21H25ClNO4.C2HF3O2/c1-24-18-9-14-5-7-23(13-16(14)11-20(18)26-3)8-6-15-10-19(25-2)21(27-4)12-17(15)22;3-2(4,5)1(6)7/h9-13H,5-8H2,1-4H3;(H,6,7)/q+1;/p-1. The van der Waals surface area contributed by atoms with Crippen LogP contribution in [0.4, 0.5) is 13.2 Å². The van der Waals surface area contributed by atoms with Gasteiger partial charge in [-0.3, -0.25) is 0 Å². The van der Waals surface area contributed by atoms with Crippen LogP contribution in [0.3, 0.4) is 0 Å². The maximum atomic E-state index is 10.5. The van der Waals surface area contributed by atoms with Gasteiger partial charge in [0.1, 0.15) is 19.1 Å². The molecule has 34 heavy (non-hydrogen) atoms. The topological polar surface area (TPSA) is 80.1 Å². The molecule has 0 amide bonds. The van der Waals surface area contributed by atoms with Gasteiger partial charge < -0.3 is 28.8 Å². The average molecular weight is 504 g/mol. The van der Waals surface area contributed by atoms with Crippen molar-refractivity contribution < 1.29 is 46.6 Å². The van der Waals surface area contributed by atoms with Crippen molar-refractivity contribution in [1.29, 1.82) is 0 Å². The van der Waals surface area contributed by atoms with Gasteiger partial charge >= 0.3 is 6.18 Å². The highest BCUT2D eigenvalue weighted by Crippen LogP contribution is 2.34. The van der Waals surface area contributed by atoms with Gasteiger partial charge in [0, 0.05) is 29.5 Å². The zero-order chi connectivity index (χ0) is 25.5. The molecular formula is C23H25ClF3NO6. The van der Waals surface area contributed by atoms with Crippen LogP contribution in [-0.4, -0.2) is 64.5 Å². The van der Waals surface area contributed by atoms with Crippen molar-refractivity contribution in [1.82, 2.24) is 0 Å². The molecular weight excluding hydrogens is 479 g/mol. The molecule has 0 saturated carbocycles. The van der Waals surface area contributed by atoms with E-state index in [0.29, 0.717) is 16.5 Å². The summed E-state index contributed by atoms with van der Waals surface area (Å²) in [7, 11) is 6.56. The maximum Gasteiger partial charge on any atom is 0.430 e. The number of benzene rings is 2. The number of carboxylic acids is 1. The van der Waals surface area contributed by atoms with Crippen molar-refractivity contribution in [2.75, 3.05) is 41.5 Å². The summed E-state index contributed by atoms with van der Waals surface area (Å²) in [6.45, 7) is 1.82. The lowest BCUT2D eigenvalue weighted by Crippen LogP contribution is -2.37. The molecule has 186 valence electrons. The lowest BCUT2D eigenvalue weighted by Gasteiger charge is -2.16. The van der Waals surface area contributed by atoms with E-state index < -0.39 is 12.1 Å². The fraction of sp³-hybridized carbons (Fsp3) is 0.391. The Bertz CT molecular complexity index is 1060. The molecule has 0 atom stereocenters. The quantitative estimate of drug-likeness (QED) is 0.541. The number of fused-ring (bicyclic) bond motifs is 1. The third-order valence-corrected chi connectivity index (χ3v) is 5.44. The number of halogens is 4. The number of methoxy groups -OCH3 is 4. The highest BCUT2D eigenvalue weighted by Gasteiger charge is 2.28. The number of rotatable bonds is 7. The third kappa shape index (κ3) is 6.93. The normalized spacial score (nSPS) is 12.5. The Morgan fingerprint density at radius 2 is 1.47 bits per heavy atom. The van der Waals surface area contributed by atoms with Gasteiger partial charge in [0.25, 0.3) is 0 Å². The first-order valence-electron chi connectivity index (χ1n) is 10.1. The zero-order valence-electron chi connectivity index (χ0n) is 19.1. The summed E-state index contributed by atoms with van der Waals surface area (Å²) in [5.41, 5.74) is 3.48. The summed E-state index contributed by atoms with van der Waals surface area (Å²) in [5.74, 6) is -0.146. The Balaban J connectivity index is 0.000000509. The fourth-order valence-corrected chi connectivity index (χ4v) is 3.58. The van der Waals surface area contributed by atoms with E-state index in [0.717, 1.165) is 48.6 Å². The number of carbonyl (C=O) groups excluding carboxylic acids is 1. The van der Waals surface area contributed by atoms with Gasteiger partial charge in [-0.25, -0.2) is 4.58 Å². The van der Waals surface area contributed by atoms with E-state index in [4.69, 9.17) is 40.4 Å². The van der Waals surface area contributed by atoms with Gasteiger partial charge in [0.05, 0.1) is 28.4 Å². The molecule has 1 aliphatic heterocycles. The van der Waals surface area contributed by atoms with Crippen LogP contribution < -0.4 is 24.1 Å². The van der Waals surface area contributed by atoms with E-state index >= 15 is 0 Å². The van der Waals surface area contributed by atoms with Crippen molar-refractivity contribution >= 4 is 23.8 Å². The lowest BCUT2D eigenvalue weighted by molar-refractivity contribution is -0.523. The third-order valence-electron chi connectivity index (χ3n) is 5.09. The van der Waals surface area contributed by atoms with Crippen LogP contribution >= 0.6 is 11.6 Å². The minimum atomic E-state index is -5.19. The summed E-state index contributed by atoms with van der Waals surface area (Å²) in [5, 5.41) is 9.48. The van der Waals surface area contributed by atoms with E-state index in [1.54, 1.807) is 28.4 Å². The summed E-state index contributed by atoms with van der Waals surface area (Å²) >= 11 is 6.41. The Kier molecular flexibility index (Phi) is 9.43. The largest absolute Gasteiger partial charge is 0.542 e. The lowest BCUT2D eigenvalue weighted by atomic mass is 10.0. The van der Waals surface area contributed by atoms with Crippen LogP contribution in [0.5, 0.6) is 23.0 Å². The molecule has 2 aromatic rings. The molecule has 0 aliphatic carbocycles. The second-order valence-electron chi connectivity index (χ2n) is 7.15. The number of carboxylic acid groups (broad SMARTS) is 1. The molecule has 0 aromatic heterocycles. The van der Waals surface area contributed by atoms with Crippen LogP contribution in [0.2, 0.25) is 5.02 Å². The predicted molar refractivity (Wildman–Crippen MR) is 118 cm³/mol. The molecule has 1 aliphatic rings. The molecule has 0 bridgehead atoms. The zero-order valence-corrected chi connectivity index (χ0v) is 19.9. The fourth-order valence-electron chi connectivity index (χ4n) is 3.33. The van der Waals surface area contributed by atoms with Crippen molar-refractivity contribution in [3.8, 4) is 23.0 Å². The van der Waals surface area contributed by atoms with E-state index in [1.165, 1.54) is 5.56 Å². The SMILES string of the molecule is COc1cc(Cl)c(CC[N+]2=Cc3cc(OC)c(OC)cc3CC2)cc1OC.O=C([O-])C(F)(F)F. The number of hydrogen-bond donors (Lipinski definition) is 0. The van der Waals surface area contributed by atoms with Gasteiger partial charge in [0.15, 0.2) is 29.2 Å². The number of alkyl halides is 3. The van der Waals surface area contributed by atoms with E-state index in [9.17, 15) is 13.2 Å². The molecule has 2 aromatic carbocycles. The number of ether oxygens (including phenoxy) is 4. The van der Waals surface area contributed by atoms with Gasteiger partial charge in [-0.2, -0.15) is 13.2 Å². The Morgan fingerprint density at radius 1 is 0.971 bits per heavy atom. The van der Waals surface area contributed by atoms with Gasteiger partial charge in [-0.05, 0) is 29.3 Å². The number of hydrogen-bond acceptors (Lipinski definition) is 6. The first-order valence-corrected chi connectivity index (χ1v) is 10.4. The molecule has 0 spiro atoms. The molecule has 0 saturated heterocycles. The summed E-state index contributed by atoms with van der Waals surface area (Å²) in [6, 6.07) is 7.85. The highest BCUT2D eigenvalue weighted by molar-refractivity contribution is 6.31. The van der Waals surface area contributed by atoms with E-state index in [2.05, 4.69) is 16.9 Å². The molecule has 0 unspecified atom stereocenters. The van der Waals surface area contributed by atoms with Crippen LogP contribution in [0.15, 0.2) is 24.3 Å². The molecule has 0 radical (unpaired) electrons. The Labute approximate surface area is 200 Å². The van der Waals surface area contributed by atoms with E-state index in [-0.39, 0.29) is 0 Å². The Hall–Kier alpha value is -3.14. The summed E-state index contributed by atoms with van der Waals surface area (Å²) in [6.07, 6.45) is -1.24. The number of carbonyl (C=O) groups is 1. The maximum absolute atomic E-state index is 10.5. The van der Waals surface area contributed by atoms with Crippen molar-refractivity contribution in [3.63, 3.8) is 0 Å². The number of nitrogens with zero attached hydrogens (tertiary/aromatic N) is 1. The van der Waals surface area contributed by atoms with Gasteiger partial charge in [0.2, 0.25) is 0 Å². The summed E-state index contributed by atoms with van der Waals surface area (Å²) < 4.78 is 55.4. The monoisotopic (exact) mass is 503 g/mol. The molecule has 3 rings (SSSR count). The van der Waals surface area contributed by atoms with Crippen LogP contribution in [0.25, 0.3) is 0 Å². The predicted octanol–water partition coefficient (Wildman–Crippen LogP) is 2.90. The number of aliphatic carboxylic acids is 1. The minimum Gasteiger partial charge on any atom is -0.542 e. The van der Waals surface area contributed by atoms with Crippen LogP contribution in [0.1, 0.15) is 16.7 Å². The molecule has 7 nitrogen and oxygen atoms in total. The van der Waals surface area contributed by atoms with Crippen molar-refractivity contribution in [2.24, 2.45) is 0 Å². The Morgan fingerprint density at radius 3 is 2.00 bits per heavy atom. The van der Waals surface area contributed by atoms with E-state index in [1.807, 2.05) is 18.2 Å². The first-order chi connectivity index (χ1) is 16.0. The van der Waals surface area contributed by atoms with Crippen LogP contribution in [-0.2, 0) is 17.6 Å². The highest BCUT2D eigenvalue weighted by atomic mass is 35.5. The molecule has 0 N–H and O–H groups in total. The van der Waals surface area contributed by atoms with Crippen LogP contribution in [0, 0.1) is 0 Å². The molecule has 1 heterocycles. The van der Waals surface area contributed by atoms with Crippen molar-refractivity contribution in [3.05, 3.63) is 46.0 Å². The first kappa shape index (κ1) is 27.1. The summed E-state index contributed by atoms with van der Waals surface area (Å²) in [4.78, 5) is 8.78. The molecule has 0 fully saturated rings. The smallest absolute Gasteiger partial charge is 0.430 e. The second-order valence-corrected chi connectivity index (χ2v) is 7.56. The van der Waals surface area contributed by atoms with Crippen molar-refractivity contribution in [2.45, 2.75) is 19.0 Å².